The van der Waals surface area contributed by atoms with E-state index in [0.717, 1.165) is 11.6 Å². The van der Waals surface area contributed by atoms with E-state index < -0.39 is 0 Å². The fraction of sp³-hybridized carbons (Fsp3) is 0.750. The predicted molar refractivity (Wildman–Crippen MR) is 65.9 cm³/mol. The molecule has 2 rings (SSSR count). The molecule has 1 fully saturated rings. The van der Waals surface area contributed by atoms with Gasteiger partial charge in [0.15, 0.2) is 0 Å². The summed E-state index contributed by atoms with van der Waals surface area (Å²) in [4.78, 5) is 6.51. The van der Waals surface area contributed by atoms with Crippen molar-refractivity contribution in [2.24, 2.45) is 5.92 Å². The first kappa shape index (κ1) is 11.8. The molecule has 2 atom stereocenters. The number of hydrogen-bond donors (Lipinski definition) is 0. The van der Waals surface area contributed by atoms with Crippen molar-refractivity contribution in [1.82, 2.24) is 4.98 Å². The number of aromatic nitrogens is 1. The first-order chi connectivity index (χ1) is 7.70. The highest BCUT2D eigenvalue weighted by Crippen LogP contribution is 2.29. The van der Waals surface area contributed by atoms with Gasteiger partial charge in [-0.1, -0.05) is 19.8 Å². The van der Waals surface area contributed by atoms with Crippen LogP contribution in [0, 0.1) is 5.92 Å². The SMILES string of the molecule is CC1CCCC(N(C)c2nc(CCl)co2)C1. The smallest absolute Gasteiger partial charge is 0.297 e. The highest BCUT2D eigenvalue weighted by atomic mass is 35.5. The Kier molecular flexibility index (Phi) is 3.74. The maximum Gasteiger partial charge on any atom is 0.297 e. The van der Waals surface area contributed by atoms with Crippen molar-refractivity contribution >= 4 is 17.6 Å². The van der Waals surface area contributed by atoms with Crippen LogP contribution in [0.2, 0.25) is 0 Å². The first-order valence-electron chi connectivity index (χ1n) is 5.94. The van der Waals surface area contributed by atoms with Crippen LogP contribution in [0.1, 0.15) is 38.3 Å². The molecule has 0 saturated heterocycles. The van der Waals surface area contributed by atoms with E-state index in [-0.39, 0.29) is 0 Å². The summed E-state index contributed by atoms with van der Waals surface area (Å²) in [6, 6.07) is 1.26. The predicted octanol–water partition coefficient (Wildman–Crippen LogP) is 3.43. The zero-order valence-corrected chi connectivity index (χ0v) is 10.7. The normalized spacial score (nSPS) is 25.7. The monoisotopic (exact) mass is 242 g/mol. The van der Waals surface area contributed by atoms with Crippen LogP contribution in [0.3, 0.4) is 0 Å². The van der Waals surface area contributed by atoms with Crippen molar-refractivity contribution in [1.29, 1.82) is 0 Å². The number of anilines is 1. The lowest BCUT2D eigenvalue weighted by Gasteiger charge is -2.33. The minimum Gasteiger partial charge on any atom is -0.432 e. The van der Waals surface area contributed by atoms with Gasteiger partial charge in [-0.25, -0.2) is 0 Å². The lowest BCUT2D eigenvalue weighted by atomic mass is 9.86. The van der Waals surface area contributed by atoms with Gasteiger partial charge < -0.3 is 9.32 Å². The van der Waals surface area contributed by atoms with Crippen molar-refractivity contribution in [3.63, 3.8) is 0 Å². The van der Waals surface area contributed by atoms with Crippen molar-refractivity contribution in [3.05, 3.63) is 12.0 Å². The zero-order chi connectivity index (χ0) is 11.5. The van der Waals surface area contributed by atoms with E-state index in [1.165, 1.54) is 25.7 Å². The molecular formula is C12H19ClN2O. The molecule has 4 heteroatoms. The standard InChI is InChI=1S/C12H19ClN2O/c1-9-4-3-5-11(6-9)15(2)12-14-10(7-13)8-16-12/h8-9,11H,3-7H2,1-2H3. The van der Waals surface area contributed by atoms with E-state index in [4.69, 9.17) is 16.0 Å². The molecule has 90 valence electrons. The highest BCUT2D eigenvalue weighted by molar-refractivity contribution is 6.16. The minimum atomic E-state index is 0.415. The van der Waals surface area contributed by atoms with E-state index in [0.29, 0.717) is 17.9 Å². The van der Waals surface area contributed by atoms with Gasteiger partial charge in [-0.15, -0.1) is 11.6 Å². The van der Waals surface area contributed by atoms with E-state index >= 15 is 0 Å². The Hall–Kier alpha value is -0.700. The first-order valence-corrected chi connectivity index (χ1v) is 6.47. The Morgan fingerprint density at radius 1 is 1.56 bits per heavy atom. The maximum atomic E-state index is 5.71. The van der Waals surface area contributed by atoms with Crippen LogP contribution < -0.4 is 4.90 Å². The molecular weight excluding hydrogens is 224 g/mol. The van der Waals surface area contributed by atoms with Crippen LogP contribution in [-0.2, 0) is 5.88 Å². The van der Waals surface area contributed by atoms with Crippen molar-refractivity contribution < 1.29 is 4.42 Å². The lowest BCUT2D eigenvalue weighted by molar-refractivity contribution is 0.327. The minimum absolute atomic E-state index is 0.415. The number of oxazole rings is 1. The number of halogens is 1. The van der Waals surface area contributed by atoms with Crippen LogP contribution in [0.15, 0.2) is 10.7 Å². The summed E-state index contributed by atoms with van der Waals surface area (Å²) in [6.45, 7) is 2.32. The molecule has 1 aliphatic rings. The van der Waals surface area contributed by atoms with E-state index in [1.807, 2.05) is 0 Å². The molecule has 0 aromatic carbocycles. The average molecular weight is 243 g/mol. The Morgan fingerprint density at radius 2 is 2.38 bits per heavy atom. The summed E-state index contributed by atoms with van der Waals surface area (Å²) in [5, 5.41) is 0. The van der Waals surface area contributed by atoms with E-state index in [1.54, 1.807) is 6.26 Å². The quantitative estimate of drug-likeness (QED) is 0.761. The third-order valence-electron chi connectivity index (χ3n) is 3.43. The van der Waals surface area contributed by atoms with Crippen LogP contribution in [-0.4, -0.2) is 18.1 Å². The zero-order valence-electron chi connectivity index (χ0n) is 9.95. The molecule has 16 heavy (non-hydrogen) atoms. The molecule has 2 unspecified atom stereocenters. The van der Waals surface area contributed by atoms with Crippen LogP contribution in [0.4, 0.5) is 6.01 Å². The molecule has 1 aliphatic carbocycles. The van der Waals surface area contributed by atoms with Gasteiger partial charge in [0.05, 0.1) is 11.6 Å². The van der Waals surface area contributed by atoms with Gasteiger partial charge >= 0.3 is 0 Å². The average Bonchev–Trinajstić information content (AvgIpc) is 2.76. The Bertz CT molecular complexity index is 340. The summed E-state index contributed by atoms with van der Waals surface area (Å²) in [5.41, 5.74) is 0.812. The molecule has 0 aliphatic heterocycles. The molecule has 1 saturated carbocycles. The molecule has 3 nitrogen and oxygen atoms in total. The molecule has 0 spiro atoms. The molecule has 0 bridgehead atoms. The molecule has 1 heterocycles. The van der Waals surface area contributed by atoms with Crippen LogP contribution >= 0.6 is 11.6 Å². The van der Waals surface area contributed by atoms with Crippen LogP contribution in [0.5, 0.6) is 0 Å². The van der Waals surface area contributed by atoms with Gasteiger partial charge in [0.1, 0.15) is 6.26 Å². The summed E-state index contributed by atoms with van der Waals surface area (Å²) < 4.78 is 5.44. The van der Waals surface area contributed by atoms with Gasteiger partial charge in [0, 0.05) is 13.1 Å². The molecule has 0 radical (unpaired) electrons. The second-order valence-corrected chi connectivity index (χ2v) is 5.06. The van der Waals surface area contributed by atoms with Crippen molar-refractivity contribution in [3.8, 4) is 0 Å². The molecule has 1 aromatic heterocycles. The second kappa shape index (κ2) is 5.09. The Labute approximate surface area is 102 Å². The fourth-order valence-electron chi connectivity index (χ4n) is 2.43. The molecule has 0 N–H and O–H groups in total. The highest BCUT2D eigenvalue weighted by Gasteiger charge is 2.24. The summed E-state index contributed by atoms with van der Waals surface area (Å²) in [7, 11) is 2.06. The fourth-order valence-corrected chi connectivity index (χ4v) is 2.55. The largest absolute Gasteiger partial charge is 0.432 e. The summed E-state index contributed by atoms with van der Waals surface area (Å²) >= 11 is 5.71. The van der Waals surface area contributed by atoms with Gasteiger partial charge in [-0.3, -0.25) is 0 Å². The van der Waals surface area contributed by atoms with Crippen molar-refractivity contribution in [2.45, 2.75) is 44.5 Å². The number of alkyl halides is 1. The van der Waals surface area contributed by atoms with Gasteiger partial charge in [-0.2, -0.15) is 4.98 Å². The van der Waals surface area contributed by atoms with Gasteiger partial charge in [-0.05, 0) is 18.8 Å². The molecule has 0 amide bonds. The third-order valence-corrected chi connectivity index (χ3v) is 3.71. The maximum absolute atomic E-state index is 5.71. The Balaban J connectivity index is 2.02. The van der Waals surface area contributed by atoms with E-state index in [9.17, 15) is 0 Å². The summed E-state index contributed by atoms with van der Waals surface area (Å²) in [6.07, 6.45) is 6.77. The number of nitrogens with zero attached hydrogens (tertiary/aromatic N) is 2. The van der Waals surface area contributed by atoms with E-state index in [2.05, 4.69) is 23.9 Å². The van der Waals surface area contributed by atoms with Gasteiger partial charge in [0.2, 0.25) is 0 Å². The second-order valence-electron chi connectivity index (χ2n) is 4.79. The lowest BCUT2D eigenvalue weighted by Crippen LogP contribution is -2.35. The van der Waals surface area contributed by atoms with Gasteiger partial charge in [0.25, 0.3) is 6.01 Å². The number of hydrogen-bond acceptors (Lipinski definition) is 3. The third kappa shape index (κ3) is 2.51. The number of rotatable bonds is 3. The van der Waals surface area contributed by atoms with Crippen LogP contribution in [0.25, 0.3) is 0 Å². The Morgan fingerprint density at radius 3 is 3.00 bits per heavy atom. The topological polar surface area (TPSA) is 29.3 Å². The summed E-state index contributed by atoms with van der Waals surface area (Å²) in [5.74, 6) is 1.22. The molecule has 1 aromatic rings. The van der Waals surface area contributed by atoms with Crippen molar-refractivity contribution in [2.75, 3.05) is 11.9 Å².